The average Bonchev–Trinajstić information content (AvgIpc) is 2.89. The van der Waals surface area contributed by atoms with Crippen LogP contribution in [-0.4, -0.2) is 4.98 Å². The molecule has 0 aliphatic heterocycles. The van der Waals surface area contributed by atoms with Crippen LogP contribution in [0.3, 0.4) is 0 Å². The molecule has 0 bridgehead atoms. The second-order valence-corrected chi connectivity index (χ2v) is 6.36. The fourth-order valence-corrected chi connectivity index (χ4v) is 3.25. The van der Waals surface area contributed by atoms with Crippen molar-refractivity contribution in [2.24, 2.45) is 0 Å². The maximum absolute atomic E-state index is 5.99. The van der Waals surface area contributed by atoms with Crippen LogP contribution in [0.1, 0.15) is 17.8 Å². The fourth-order valence-electron chi connectivity index (χ4n) is 2.19. The van der Waals surface area contributed by atoms with E-state index in [0.29, 0.717) is 5.69 Å². The molecule has 0 spiro atoms. The summed E-state index contributed by atoms with van der Waals surface area (Å²) in [5, 5.41) is 4.53. The normalized spacial score (nSPS) is 12.5. The molecule has 1 atom stereocenters. The molecular weight excluding hydrogens is 290 g/mol. The third kappa shape index (κ3) is 2.44. The van der Waals surface area contributed by atoms with Crippen molar-refractivity contribution in [3.63, 3.8) is 0 Å². The molecule has 0 fully saturated rings. The lowest BCUT2D eigenvalue weighted by atomic mass is 10.1. The summed E-state index contributed by atoms with van der Waals surface area (Å²) in [6.07, 6.45) is 1.75. The van der Waals surface area contributed by atoms with Crippen molar-refractivity contribution >= 4 is 45.2 Å². The molecule has 2 aromatic heterocycles. The van der Waals surface area contributed by atoms with Crippen molar-refractivity contribution in [2.45, 2.75) is 13.0 Å². The molecule has 1 unspecified atom stereocenters. The van der Waals surface area contributed by atoms with E-state index in [-0.39, 0.29) is 6.04 Å². The molecule has 0 saturated carbocycles. The van der Waals surface area contributed by atoms with Crippen LogP contribution in [0.15, 0.2) is 42.6 Å². The summed E-state index contributed by atoms with van der Waals surface area (Å²) in [5.74, 6) is 0. The third-order valence-electron chi connectivity index (χ3n) is 3.19. The molecule has 3 rings (SSSR count). The number of aromatic nitrogens is 1. The van der Waals surface area contributed by atoms with Crippen LogP contribution in [0.2, 0.25) is 4.34 Å². The number of nitrogens with zero attached hydrogens (tertiary/aromatic N) is 1. The van der Waals surface area contributed by atoms with Crippen LogP contribution in [-0.2, 0) is 0 Å². The van der Waals surface area contributed by atoms with E-state index in [2.05, 4.69) is 17.2 Å². The summed E-state index contributed by atoms with van der Waals surface area (Å²) in [7, 11) is 0. The number of halogens is 1. The molecule has 3 N–H and O–H groups in total. The number of nitrogens with two attached hydrogens (primary N) is 1. The van der Waals surface area contributed by atoms with Gasteiger partial charge in [-0.1, -0.05) is 11.6 Å². The minimum Gasteiger partial charge on any atom is -0.397 e. The minimum atomic E-state index is 0.180. The Morgan fingerprint density at radius 2 is 2.10 bits per heavy atom. The standard InChI is InChI=1S/C15H14ClN3S/c1-9(13-6-7-14(16)20-13)19-12-5-4-11(17)15-10(12)3-2-8-18-15/h2-9,19H,17H2,1H3. The molecule has 0 amide bonds. The molecule has 3 nitrogen and oxygen atoms in total. The highest BCUT2D eigenvalue weighted by atomic mass is 35.5. The molecule has 0 radical (unpaired) electrons. The molecule has 1 aromatic carbocycles. The highest BCUT2D eigenvalue weighted by Gasteiger charge is 2.11. The number of nitrogen functional groups attached to an aromatic ring is 1. The Morgan fingerprint density at radius 1 is 1.25 bits per heavy atom. The number of hydrogen-bond donors (Lipinski definition) is 2. The Morgan fingerprint density at radius 3 is 2.85 bits per heavy atom. The van der Waals surface area contributed by atoms with Crippen molar-refractivity contribution in [3.05, 3.63) is 51.8 Å². The molecule has 0 aliphatic rings. The number of pyridine rings is 1. The van der Waals surface area contributed by atoms with Crippen LogP contribution < -0.4 is 11.1 Å². The summed E-state index contributed by atoms with van der Waals surface area (Å²) in [5.41, 5.74) is 8.51. The van der Waals surface area contributed by atoms with Crippen molar-refractivity contribution in [1.82, 2.24) is 4.98 Å². The van der Waals surface area contributed by atoms with Gasteiger partial charge in [-0.25, -0.2) is 0 Å². The number of rotatable bonds is 3. The summed E-state index contributed by atoms with van der Waals surface area (Å²) >= 11 is 7.57. The van der Waals surface area contributed by atoms with Gasteiger partial charge in [-0.15, -0.1) is 11.3 Å². The van der Waals surface area contributed by atoms with Gasteiger partial charge in [0.1, 0.15) is 0 Å². The molecule has 0 saturated heterocycles. The second-order valence-electron chi connectivity index (χ2n) is 4.61. The fraction of sp³-hybridized carbons (Fsp3) is 0.133. The van der Waals surface area contributed by atoms with E-state index in [4.69, 9.17) is 17.3 Å². The number of hydrogen-bond acceptors (Lipinski definition) is 4. The first kappa shape index (κ1) is 13.2. The summed E-state index contributed by atoms with van der Waals surface area (Å²) in [6.45, 7) is 2.11. The molecule has 5 heteroatoms. The lowest BCUT2D eigenvalue weighted by Gasteiger charge is -2.16. The van der Waals surface area contributed by atoms with Crippen LogP contribution in [0.5, 0.6) is 0 Å². The summed E-state index contributed by atoms with van der Waals surface area (Å²) in [6, 6.07) is 12.0. The number of thiophene rings is 1. The molecule has 2 heterocycles. The van der Waals surface area contributed by atoms with Crippen LogP contribution in [0.4, 0.5) is 11.4 Å². The van der Waals surface area contributed by atoms with Gasteiger partial charge in [0.25, 0.3) is 0 Å². The predicted molar refractivity (Wildman–Crippen MR) is 87.5 cm³/mol. The molecule has 20 heavy (non-hydrogen) atoms. The zero-order chi connectivity index (χ0) is 14.1. The maximum atomic E-state index is 5.99. The van der Waals surface area contributed by atoms with Gasteiger partial charge < -0.3 is 11.1 Å². The van der Waals surface area contributed by atoms with Gasteiger partial charge in [-0.2, -0.15) is 0 Å². The maximum Gasteiger partial charge on any atom is 0.0951 e. The lowest BCUT2D eigenvalue weighted by Crippen LogP contribution is -2.05. The quantitative estimate of drug-likeness (QED) is 0.689. The van der Waals surface area contributed by atoms with Crippen LogP contribution >= 0.6 is 22.9 Å². The van der Waals surface area contributed by atoms with Crippen molar-refractivity contribution < 1.29 is 0 Å². The number of nitrogens with one attached hydrogen (secondary N) is 1. The first-order valence-corrected chi connectivity index (χ1v) is 7.49. The highest BCUT2D eigenvalue weighted by molar-refractivity contribution is 7.16. The average molecular weight is 304 g/mol. The Hall–Kier alpha value is -1.78. The number of fused-ring (bicyclic) bond motifs is 1. The Kier molecular flexibility index (Phi) is 3.51. The second kappa shape index (κ2) is 5.31. The van der Waals surface area contributed by atoms with E-state index in [1.165, 1.54) is 4.88 Å². The zero-order valence-electron chi connectivity index (χ0n) is 10.9. The lowest BCUT2D eigenvalue weighted by molar-refractivity contribution is 0.910. The van der Waals surface area contributed by atoms with Crippen molar-refractivity contribution in [2.75, 3.05) is 11.1 Å². The van der Waals surface area contributed by atoms with Gasteiger partial charge in [0.15, 0.2) is 0 Å². The Balaban J connectivity index is 1.97. The van der Waals surface area contributed by atoms with Gasteiger partial charge >= 0.3 is 0 Å². The van der Waals surface area contributed by atoms with E-state index in [1.807, 2.05) is 36.4 Å². The minimum absolute atomic E-state index is 0.180. The smallest absolute Gasteiger partial charge is 0.0951 e. The van der Waals surface area contributed by atoms with Gasteiger partial charge in [0.2, 0.25) is 0 Å². The van der Waals surface area contributed by atoms with E-state index < -0.39 is 0 Å². The van der Waals surface area contributed by atoms with Gasteiger partial charge in [0.05, 0.1) is 21.6 Å². The molecular formula is C15H14ClN3S. The van der Waals surface area contributed by atoms with Crippen molar-refractivity contribution in [3.8, 4) is 0 Å². The SMILES string of the molecule is CC(Nc1ccc(N)c2ncccc12)c1ccc(Cl)s1. The molecule has 102 valence electrons. The largest absolute Gasteiger partial charge is 0.397 e. The zero-order valence-corrected chi connectivity index (χ0v) is 12.5. The van der Waals surface area contributed by atoms with E-state index >= 15 is 0 Å². The number of anilines is 2. The van der Waals surface area contributed by atoms with E-state index in [9.17, 15) is 0 Å². The van der Waals surface area contributed by atoms with Gasteiger partial charge in [0, 0.05) is 22.1 Å². The van der Waals surface area contributed by atoms with Gasteiger partial charge in [-0.3, -0.25) is 4.98 Å². The first-order chi connectivity index (χ1) is 9.65. The summed E-state index contributed by atoms with van der Waals surface area (Å²) < 4.78 is 0.803. The highest BCUT2D eigenvalue weighted by Crippen LogP contribution is 2.32. The summed E-state index contributed by atoms with van der Waals surface area (Å²) in [4.78, 5) is 5.54. The van der Waals surface area contributed by atoms with E-state index in [1.54, 1.807) is 17.5 Å². The first-order valence-electron chi connectivity index (χ1n) is 6.30. The molecule has 0 aliphatic carbocycles. The van der Waals surface area contributed by atoms with Crippen molar-refractivity contribution in [1.29, 1.82) is 0 Å². The predicted octanol–water partition coefficient (Wildman–Crippen LogP) is 4.71. The Bertz CT molecular complexity index is 754. The van der Waals surface area contributed by atoms with Crippen LogP contribution in [0.25, 0.3) is 10.9 Å². The Labute approximate surface area is 126 Å². The topological polar surface area (TPSA) is 50.9 Å². The van der Waals surface area contributed by atoms with Gasteiger partial charge in [-0.05, 0) is 43.3 Å². The monoisotopic (exact) mass is 303 g/mol. The third-order valence-corrected chi connectivity index (χ3v) is 4.61. The number of benzene rings is 1. The van der Waals surface area contributed by atoms with Crippen LogP contribution in [0, 0.1) is 0 Å². The molecule has 3 aromatic rings. The van der Waals surface area contributed by atoms with E-state index in [0.717, 1.165) is 20.9 Å².